The summed E-state index contributed by atoms with van der Waals surface area (Å²) in [4.78, 5) is 14.2. The van der Waals surface area contributed by atoms with E-state index in [0.29, 0.717) is 5.88 Å². The predicted molar refractivity (Wildman–Crippen MR) is 43.7 cm³/mol. The van der Waals surface area contributed by atoms with E-state index in [2.05, 4.69) is 4.98 Å². The smallest absolute Gasteiger partial charge is 0.255 e. The van der Waals surface area contributed by atoms with Gasteiger partial charge in [-0.15, -0.1) is 0 Å². The van der Waals surface area contributed by atoms with Gasteiger partial charge in [-0.05, 0) is 18.6 Å². The number of nitrogens with zero attached hydrogens (tertiary/aromatic N) is 1. The largest absolute Gasteiger partial charge is 0.468 e. The number of pyridine rings is 1. The van der Waals surface area contributed by atoms with Crippen LogP contribution in [0.15, 0.2) is 18.3 Å². The molecule has 64 valence electrons. The first-order chi connectivity index (χ1) is 5.68. The molecule has 1 amide bonds. The second kappa shape index (κ2) is 3.71. The number of carbonyl (C=O) groups is 1. The average Bonchev–Trinajstić information content (AvgIpc) is 2.01. The molecule has 0 fully saturated rings. The molecule has 0 aliphatic rings. The summed E-state index contributed by atoms with van der Waals surface area (Å²) in [6.45, 7) is 1.79. The van der Waals surface area contributed by atoms with Crippen LogP contribution < -0.4 is 10.5 Å². The minimum absolute atomic E-state index is 0.129. The Bertz CT molecular complexity index is 286. The van der Waals surface area contributed by atoms with Gasteiger partial charge >= 0.3 is 0 Å². The second-order valence-electron chi connectivity index (χ2n) is 2.43. The molecule has 0 bridgehead atoms. The molecule has 0 saturated heterocycles. The van der Waals surface area contributed by atoms with Crippen LogP contribution in [0, 0.1) is 6.92 Å². The molecule has 0 aliphatic carbocycles. The molecule has 0 aliphatic heterocycles. The third-order valence-corrected chi connectivity index (χ3v) is 1.25. The van der Waals surface area contributed by atoms with Gasteiger partial charge in [0.05, 0.1) is 0 Å². The van der Waals surface area contributed by atoms with Gasteiger partial charge in [0.15, 0.2) is 6.61 Å². The highest BCUT2D eigenvalue weighted by Crippen LogP contribution is 2.07. The molecular weight excluding hydrogens is 156 g/mol. The molecule has 0 radical (unpaired) electrons. The Morgan fingerprint density at radius 1 is 1.75 bits per heavy atom. The van der Waals surface area contributed by atoms with E-state index < -0.39 is 5.91 Å². The van der Waals surface area contributed by atoms with Gasteiger partial charge in [-0.3, -0.25) is 4.79 Å². The van der Waals surface area contributed by atoms with E-state index >= 15 is 0 Å². The first-order valence-electron chi connectivity index (χ1n) is 3.52. The predicted octanol–water partition coefficient (Wildman–Crippen LogP) is 0.254. The molecule has 4 nitrogen and oxygen atoms in total. The Hall–Kier alpha value is -1.58. The number of hydrogen-bond donors (Lipinski definition) is 1. The van der Waals surface area contributed by atoms with E-state index in [-0.39, 0.29) is 6.61 Å². The van der Waals surface area contributed by atoms with Crippen molar-refractivity contribution in [3.8, 4) is 5.88 Å². The lowest BCUT2D eigenvalue weighted by molar-refractivity contribution is -0.120. The topological polar surface area (TPSA) is 65.2 Å². The van der Waals surface area contributed by atoms with E-state index in [1.807, 2.05) is 13.0 Å². The zero-order valence-electron chi connectivity index (χ0n) is 6.78. The minimum Gasteiger partial charge on any atom is -0.468 e. The van der Waals surface area contributed by atoms with Crippen molar-refractivity contribution in [1.82, 2.24) is 4.98 Å². The molecule has 1 aromatic rings. The molecule has 1 aromatic heterocycles. The number of primary amides is 1. The van der Waals surface area contributed by atoms with Crippen molar-refractivity contribution < 1.29 is 9.53 Å². The molecule has 0 atom stereocenters. The molecular formula is C8H10N2O2. The number of ether oxygens (including phenoxy) is 1. The maximum Gasteiger partial charge on any atom is 0.255 e. The van der Waals surface area contributed by atoms with Gasteiger partial charge < -0.3 is 10.5 Å². The fraction of sp³-hybridized carbons (Fsp3) is 0.250. The van der Waals surface area contributed by atoms with Crippen molar-refractivity contribution >= 4 is 5.91 Å². The number of aromatic nitrogens is 1. The van der Waals surface area contributed by atoms with E-state index in [0.717, 1.165) is 5.56 Å². The van der Waals surface area contributed by atoms with Crippen molar-refractivity contribution in [3.63, 3.8) is 0 Å². The highest BCUT2D eigenvalue weighted by molar-refractivity contribution is 5.75. The highest BCUT2D eigenvalue weighted by atomic mass is 16.5. The lowest BCUT2D eigenvalue weighted by Crippen LogP contribution is -2.20. The van der Waals surface area contributed by atoms with Gasteiger partial charge in [0.1, 0.15) is 0 Å². The van der Waals surface area contributed by atoms with Crippen LogP contribution in [-0.2, 0) is 4.79 Å². The summed E-state index contributed by atoms with van der Waals surface area (Å²) in [7, 11) is 0. The summed E-state index contributed by atoms with van der Waals surface area (Å²) in [5.74, 6) is -0.0768. The molecule has 1 rings (SSSR count). The van der Waals surface area contributed by atoms with Crippen molar-refractivity contribution in [2.45, 2.75) is 6.92 Å². The second-order valence-corrected chi connectivity index (χ2v) is 2.43. The summed E-state index contributed by atoms with van der Waals surface area (Å²) in [5, 5.41) is 0. The fourth-order valence-electron chi connectivity index (χ4n) is 0.732. The van der Waals surface area contributed by atoms with E-state index in [4.69, 9.17) is 10.5 Å². The Morgan fingerprint density at radius 2 is 2.50 bits per heavy atom. The zero-order chi connectivity index (χ0) is 8.97. The number of hydrogen-bond acceptors (Lipinski definition) is 3. The normalized spacial score (nSPS) is 9.42. The summed E-state index contributed by atoms with van der Waals surface area (Å²) >= 11 is 0. The quantitative estimate of drug-likeness (QED) is 0.700. The highest BCUT2D eigenvalue weighted by Gasteiger charge is 1.97. The van der Waals surface area contributed by atoms with E-state index in [1.54, 1.807) is 12.3 Å². The van der Waals surface area contributed by atoms with Crippen LogP contribution in [0.5, 0.6) is 5.88 Å². The number of amides is 1. The SMILES string of the molecule is Cc1ccnc(OCC(N)=O)c1. The Kier molecular flexibility index (Phi) is 2.63. The lowest BCUT2D eigenvalue weighted by Gasteiger charge is -2.01. The molecule has 0 aromatic carbocycles. The van der Waals surface area contributed by atoms with Gasteiger partial charge in [-0.2, -0.15) is 0 Å². The minimum atomic E-state index is -0.502. The molecule has 2 N–H and O–H groups in total. The molecule has 1 heterocycles. The third kappa shape index (κ3) is 2.57. The Labute approximate surface area is 70.4 Å². The molecule has 0 unspecified atom stereocenters. The van der Waals surface area contributed by atoms with Crippen molar-refractivity contribution in [3.05, 3.63) is 23.9 Å². The summed E-state index contributed by atoms with van der Waals surface area (Å²) in [5.41, 5.74) is 5.92. The summed E-state index contributed by atoms with van der Waals surface area (Å²) in [6.07, 6.45) is 1.62. The van der Waals surface area contributed by atoms with Crippen LogP contribution in [0.3, 0.4) is 0 Å². The number of nitrogens with two attached hydrogens (primary N) is 1. The van der Waals surface area contributed by atoms with Crippen LogP contribution in [-0.4, -0.2) is 17.5 Å². The van der Waals surface area contributed by atoms with E-state index in [1.165, 1.54) is 0 Å². The van der Waals surface area contributed by atoms with E-state index in [9.17, 15) is 4.79 Å². The van der Waals surface area contributed by atoms with Gasteiger partial charge in [0.2, 0.25) is 5.88 Å². The van der Waals surface area contributed by atoms with Crippen molar-refractivity contribution in [2.75, 3.05) is 6.61 Å². The van der Waals surface area contributed by atoms with Crippen LogP contribution in [0.25, 0.3) is 0 Å². The fourth-order valence-corrected chi connectivity index (χ4v) is 0.732. The zero-order valence-corrected chi connectivity index (χ0v) is 6.78. The number of rotatable bonds is 3. The number of aryl methyl sites for hydroxylation is 1. The van der Waals surface area contributed by atoms with Crippen LogP contribution in [0.2, 0.25) is 0 Å². The number of carbonyl (C=O) groups excluding carboxylic acids is 1. The maximum atomic E-state index is 10.3. The monoisotopic (exact) mass is 166 g/mol. The van der Waals surface area contributed by atoms with Gasteiger partial charge in [-0.1, -0.05) is 0 Å². The molecule has 12 heavy (non-hydrogen) atoms. The first-order valence-corrected chi connectivity index (χ1v) is 3.52. The maximum absolute atomic E-state index is 10.3. The summed E-state index contributed by atoms with van der Waals surface area (Å²) in [6, 6.07) is 3.58. The van der Waals surface area contributed by atoms with Gasteiger partial charge in [0.25, 0.3) is 5.91 Å². The molecule has 0 spiro atoms. The standard InChI is InChI=1S/C8H10N2O2/c1-6-2-3-10-8(4-6)12-5-7(9)11/h2-4H,5H2,1H3,(H2,9,11). The van der Waals surface area contributed by atoms with Gasteiger partial charge in [0, 0.05) is 12.3 Å². The lowest BCUT2D eigenvalue weighted by atomic mass is 10.3. The average molecular weight is 166 g/mol. The third-order valence-electron chi connectivity index (χ3n) is 1.25. The Balaban J connectivity index is 2.57. The molecule has 0 saturated carbocycles. The first kappa shape index (κ1) is 8.52. The van der Waals surface area contributed by atoms with Crippen LogP contribution >= 0.6 is 0 Å². The van der Waals surface area contributed by atoms with Crippen LogP contribution in [0.4, 0.5) is 0 Å². The summed E-state index contributed by atoms with van der Waals surface area (Å²) < 4.78 is 4.96. The van der Waals surface area contributed by atoms with Crippen LogP contribution in [0.1, 0.15) is 5.56 Å². The molecule has 4 heteroatoms. The van der Waals surface area contributed by atoms with Gasteiger partial charge in [-0.25, -0.2) is 4.98 Å². The Morgan fingerprint density at radius 3 is 3.08 bits per heavy atom. The van der Waals surface area contributed by atoms with Crippen molar-refractivity contribution in [2.24, 2.45) is 5.73 Å². The van der Waals surface area contributed by atoms with Crippen molar-refractivity contribution in [1.29, 1.82) is 0 Å².